The van der Waals surface area contributed by atoms with E-state index in [1.54, 1.807) is 13.0 Å². The molecule has 3 aromatic rings. The van der Waals surface area contributed by atoms with E-state index in [1.807, 2.05) is 0 Å². The Labute approximate surface area is 183 Å². The fourth-order valence-corrected chi connectivity index (χ4v) is 4.83. The zero-order valence-electron chi connectivity index (χ0n) is 17.2. The van der Waals surface area contributed by atoms with Gasteiger partial charge in [-0.15, -0.1) is 0 Å². The molecule has 11 heteroatoms. The summed E-state index contributed by atoms with van der Waals surface area (Å²) in [6, 6.07) is 9.89. The van der Waals surface area contributed by atoms with E-state index in [2.05, 4.69) is 10.1 Å². The van der Waals surface area contributed by atoms with Gasteiger partial charge >= 0.3 is 5.97 Å². The van der Waals surface area contributed by atoms with Gasteiger partial charge in [-0.2, -0.15) is 9.29 Å². The van der Waals surface area contributed by atoms with Gasteiger partial charge < -0.3 is 14.0 Å². The highest BCUT2D eigenvalue weighted by Crippen LogP contribution is 2.23. The molecule has 0 saturated carbocycles. The number of hydrogen-bond donors (Lipinski definition) is 0. The molecule has 0 amide bonds. The average molecular weight is 461 g/mol. The maximum absolute atomic E-state index is 13.0. The number of aromatic nitrogens is 2. The van der Waals surface area contributed by atoms with E-state index in [0.717, 1.165) is 0 Å². The van der Waals surface area contributed by atoms with Crippen molar-refractivity contribution in [3.63, 3.8) is 0 Å². The number of rotatable bonds is 6. The number of carbonyl (C=O) groups is 1. The highest BCUT2D eigenvalue weighted by Gasteiger charge is 2.28. The van der Waals surface area contributed by atoms with Gasteiger partial charge in [0.05, 0.1) is 23.7 Å². The molecule has 1 saturated heterocycles. The zero-order valence-corrected chi connectivity index (χ0v) is 18.0. The first-order valence-corrected chi connectivity index (χ1v) is 11.2. The van der Waals surface area contributed by atoms with Crippen molar-refractivity contribution < 1.29 is 31.6 Å². The summed E-state index contributed by atoms with van der Waals surface area (Å²) in [5.41, 5.74) is 1.15. The van der Waals surface area contributed by atoms with Crippen LogP contribution in [0.4, 0.5) is 4.39 Å². The molecule has 4 rings (SSSR count). The first-order chi connectivity index (χ1) is 15.3. The standard InChI is InChI=1S/C21H20FN3O6S/c1-14-2-3-16(12-18(14)32(27,28)25-8-10-29-11-9-25)21(26)30-13-19-23-20(24-31-19)15-4-6-17(22)7-5-15/h2-7,12H,8-11,13H2,1H3. The Hall–Kier alpha value is -3.15. The predicted octanol–water partition coefficient (Wildman–Crippen LogP) is 2.56. The number of nitrogens with zero attached hydrogens (tertiary/aromatic N) is 3. The molecule has 1 aliphatic rings. The lowest BCUT2D eigenvalue weighted by Crippen LogP contribution is -2.40. The third kappa shape index (κ3) is 4.69. The molecule has 0 N–H and O–H groups in total. The Bertz CT molecular complexity index is 1220. The zero-order chi connectivity index (χ0) is 22.7. The van der Waals surface area contributed by atoms with Gasteiger partial charge in [0.1, 0.15) is 5.82 Å². The number of ether oxygens (including phenoxy) is 2. The molecule has 2 heterocycles. The lowest BCUT2D eigenvalue weighted by Gasteiger charge is -2.26. The Morgan fingerprint density at radius 1 is 1.16 bits per heavy atom. The number of benzene rings is 2. The van der Waals surface area contributed by atoms with Gasteiger partial charge in [-0.25, -0.2) is 17.6 Å². The van der Waals surface area contributed by atoms with Crippen LogP contribution in [0.25, 0.3) is 11.4 Å². The van der Waals surface area contributed by atoms with Crippen molar-refractivity contribution in [2.75, 3.05) is 26.3 Å². The number of hydrogen-bond acceptors (Lipinski definition) is 8. The molecule has 0 atom stereocenters. The minimum absolute atomic E-state index is 0.0465. The molecule has 0 aliphatic carbocycles. The summed E-state index contributed by atoms with van der Waals surface area (Å²) in [6.07, 6.45) is 0. The lowest BCUT2D eigenvalue weighted by molar-refractivity contribution is 0.0429. The summed E-state index contributed by atoms with van der Waals surface area (Å²) in [7, 11) is -3.77. The van der Waals surface area contributed by atoms with E-state index in [1.165, 1.54) is 40.7 Å². The minimum Gasteiger partial charge on any atom is -0.452 e. The quantitative estimate of drug-likeness (QED) is 0.515. The lowest BCUT2D eigenvalue weighted by atomic mass is 10.1. The number of morpholine rings is 1. The van der Waals surface area contributed by atoms with Crippen LogP contribution in [-0.4, -0.2) is 55.1 Å². The van der Waals surface area contributed by atoms with Gasteiger partial charge in [-0.3, -0.25) is 0 Å². The van der Waals surface area contributed by atoms with Crippen LogP contribution < -0.4 is 0 Å². The van der Waals surface area contributed by atoms with Crippen molar-refractivity contribution in [1.82, 2.24) is 14.4 Å². The predicted molar refractivity (Wildman–Crippen MR) is 110 cm³/mol. The van der Waals surface area contributed by atoms with Crippen LogP contribution in [0.15, 0.2) is 51.9 Å². The van der Waals surface area contributed by atoms with Crippen LogP contribution in [0.3, 0.4) is 0 Å². The van der Waals surface area contributed by atoms with Gasteiger partial charge in [0.15, 0.2) is 6.61 Å². The summed E-state index contributed by atoms with van der Waals surface area (Å²) in [4.78, 5) is 16.7. The smallest absolute Gasteiger partial charge is 0.338 e. The minimum atomic E-state index is -3.77. The van der Waals surface area contributed by atoms with Crippen molar-refractivity contribution in [3.8, 4) is 11.4 Å². The van der Waals surface area contributed by atoms with Crippen LogP contribution in [-0.2, 0) is 26.1 Å². The molecule has 0 radical (unpaired) electrons. The molecule has 2 aromatic carbocycles. The normalized spacial score (nSPS) is 14.9. The van der Waals surface area contributed by atoms with Gasteiger partial charge in [-0.1, -0.05) is 11.2 Å². The second-order valence-corrected chi connectivity index (χ2v) is 9.00. The molecule has 1 aromatic heterocycles. The number of halogens is 1. The first kappa shape index (κ1) is 22.1. The fraction of sp³-hybridized carbons (Fsp3) is 0.286. The summed E-state index contributed by atoms with van der Waals surface area (Å²) >= 11 is 0. The van der Waals surface area contributed by atoms with Crippen LogP contribution in [0.5, 0.6) is 0 Å². The highest BCUT2D eigenvalue weighted by atomic mass is 32.2. The van der Waals surface area contributed by atoms with E-state index in [4.69, 9.17) is 14.0 Å². The van der Waals surface area contributed by atoms with Crippen molar-refractivity contribution in [2.45, 2.75) is 18.4 Å². The van der Waals surface area contributed by atoms with Crippen molar-refractivity contribution in [3.05, 3.63) is 65.3 Å². The Kier molecular flexibility index (Phi) is 6.31. The van der Waals surface area contributed by atoms with Gasteiger partial charge in [-0.05, 0) is 48.9 Å². The van der Waals surface area contributed by atoms with E-state index in [0.29, 0.717) is 24.3 Å². The number of aryl methyl sites for hydroxylation is 1. The second kappa shape index (κ2) is 9.15. The fourth-order valence-electron chi connectivity index (χ4n) is 3.17. The molecule has 0 spiro atoms. The van der Waals surface area contributed by atoms with Gasteiger partial charge in [0.25, 0.3) is 5.89 Å². The third-order valence-electron chi connectivity index (χ3n) is 4.91. The maximum atomic E-state index is 13.0. The van der Waals surface area contributed by atoms with E-state index in [-0.39, 0.29) is 47.7 Å². The summed E-state index contributed by atoms with van der Waals surface area (Å²) < 4.78 is 55.8. The molecule has 168 valence electrons. The summed E-state index contributed by atoms with van der Waals surface area (Å²) in [6.45, 7) is 2.52. The molecule has 0 unspecified atom stereocenters. The van der Waals surface area contributed by atoms with E-state index >= 15 is 0 Å². The largest absolute Gasteiger partial charge is 0.452 e. The molecule has 1 fully saturated rings. The second-order valence-electron chi connectivity index (χ2n) is 7.09. The van der Waals surface area contributed by atoms with Crippen LogP contribution in [0.1, 0.15) is 21.8 Å². The number of esters is 1. The van der Waals surface area contributed by atoms with Crippen LogP contribution in [0.2, 0.25) is 0 Å². The van der Waals surface area contributed by atoms with Crippen molar-refractivity contribution >= 4 is 16.0 Å². The van der Waals surface area contributed by atoms with Gasteiger partial charge in [0, 0.05) is 18.7 Å². The first-order valence-electron chi connectivity index (χ1n) is 9.79. The van der Waals surface area contributed by atoms with Crippen molar-refractivity contribution in [2.24, 2.45) is 0 Å². The molecule has 1 aliphatic heterocycles. The monoisotopic (exact) mass is 461 g/mol. The van der Waals surface area contributed by atoms with E-state index in [9.17, 15) is 17.6 Å². The summed E-state index contributed by atoms with van der Waals surface area (Å²) in [5, 5.41) is 3.78. The topological polar surface area (TPSA) is 112 Å². The third-order valence-corrected chi connectivity index (χ3v) is 6.95. The molecule has 9 nitrogen and oxygen atoms in total. The molecule has 32 heavy (non-hydrogen) atoms. The van der Waals surface area contributed by atoms with Crippen LogP contribution >= 0.6 is 0 Å². The Morgan fingerprint density at radius 2 is 1.88 bits per heavy atom. The van der Waals surface area contributed by atoms with E-state index < -0.39 is 16.0 Å². The number of carbonyl (C=O) groups excluding carboxylic acids is 1. The SMILES string of the molecule is Cc1ccc(C(=O)OCc2nc(-c3ccc(F)cc3)no2)cc1S(=O)(=O)N1CCOCC1. The molecular weight excluding hydrogens is 441 g/mol. The molecular formula is C21H20FN3O6S. The number of sulfonamides is 1. The van der Waals surface area contributed by atoms with Gasteiger partial charge in [0.2, 0.25) is 15.8 Å². The Balaban J connectivity index is 1.46. The molecule has 0 bridgehead atoms. The maximum Gasteiger partial charge on any atom is 0.338 e. The van der Waals surface area contributed by atoms with Crippen LogP contribution in [0, 0.1) is 12.7 Å². The highest BCUT2D eigenvalue weighted by molar-refractivity contribution is 7.89. The van der Waals surface area contributed by atoms with Crippen molar-refractivity contribution in [1.29, 1.82) is 0 Å². The average Bonchev–Trinajstić information content (AvgIpc) is 3.28. The summed E-state index contributed by atoms with van der Waals surface area (Å²) in [5.74, 6) is -0.847. The Morgan fingerprint density at radius 3 is 2.59 bits per heavy atom.